The second kappa shape index (κ2) is 10.2. The minimum Gasteiger partial charge on any atom is -0.491 e. The van der Waals surface area contributed by atoms with E-state index in [0.29, 0.717) is 25.7 Å². The molecule has 0 bridgehead atoms. The molecule has 0 fully saturated rings. The number of ether oxygens (including phenoxy) is 2. The molecule has 1 rings (SSSR count). The van der Waals surface area contributed by atoms with Gasteiger partial charge in [0.25, 0.3) is 0 Å². The molecule has 0 saturated heterocycles. The predicted molar refractivity (Wildman–Crippen MR) is 88.8 cm³/mol. The molecule has 2 unspecified atom stereocenters. The molecule has 1 aromatic carbocycles. The number of nitrogens with one attached hydrogen (secondary N) is 1. The summed E-state index contributed by atoms with van der Waals surface area (Å²) < 4.78 is 12.0. The van der Waals surface area contributed by atoms with Gasteiger partial charge in [0.2, 0.25) is 0 Å². The molecule has 0 spiro atoms. The van der Waals surface area contributed by atoms with Gasteiger partial charge in [-0.15, -0.1) is 0 Å². The molecule has 0 aliphatic heterocycles. The van der Waals surface area contributed by atoms with Crippen molar-refractivity contribution in [3.63, 3.8) is 0 Å². The van der Waals surface area contributed by atoms with Crippen molar-refractivity contribution >= 4 is 15.9 Å². The van der Waals surface area contributed by atoms with Crippen molar-refractivity contribution < 1.29 is 14.6 Å². The fraction of sp³-hybridized carbons (Fsp3) is 0.625. The molecule has 0 radical (unpaired) electrons. The zero-order valence-electron chi connectivity index (χ0n) is 13.0. The Bertz CT molecular complexity index is 384. The van der Waals surface area contributed by atoms with Crippen molar-refractivity contribution in [2.45, 2.75) is 32.9 Å². The van der Waals surface area contributed by atoms with E-state index in [1.54, 1.807) is 0 Å². The van der Waals surface area contributed by atoms with E-state index in [4.69, 9.17) is 9.47 Å². The van der Waals surface area contributed by atoms with Crippen LogP contribution in [0.1, 0.15) is 20.8 Å². The molecule has 0 aliphatic rings. The van der Waals surface area contributed by atoms with Crippen molar-refractivity contribution in [1.29, 1.82) is 0 Å². The standard InChI is InChI=1S/C16H26BrNO3/c1-4-20-11-16(12(2)3)18-9-14(19)10-21-15-7-5-13(17)6-8-15/h5-8,12,14,16,18-19H,4,9-11H2,1-3H3. The van der Waals surface area contributed by atoms with Crippen LogP contribution in [0, 0.1) is 5.92 Å². The van der Waals surface area contributed by atoms with Crippen LogP contribution in [0.4, 0.5) is 0 Å². The second-order valence-electron chi connectivity index (χ2n) is 5.34. The number of hydrogen-bond donors (Lipinski definition) is 2. The Hall–Kier alpha value is -0.620. The third-order valence-electron chi connectivity index (χ3n) is 3.18. The van der Waals surface area contributed by atoms with E-state index in [2.05, 4.69) is 35.1 Å². The first-order chi connectivity index (χ1) is 10.0. The van der Waals surface area contributed by atoms with Gasteiger partial charge in [-0.05, 0) is 37.1 Å². The largest absolute Gasteiger partial charge is 0.491 e. The third kappa shape index (κ3) is 7.81. The smallest absolute Gasteiger partial charge is 0.119 e. The Morgan fingerprint density at radius 3 is 2.43 bits per heavy atom. The van der Waals surface area contributed by atoms with Crippen LogP contribution in [-0.2, 0) is 4.74 Å². The Balaban J connectivity index is 2.28. The molecule has 0 amide bonds. The lowest BCUT2D eigenvalue weighted by Gasteiger charge is -2.23. The lowest BCUT2D eigenvalue weighted by atomic mass is 10.1. The Morgan fingerprint density at radius 2 is 1.86 bits per heavy atom. The van der Waals surface area contributed by atoms with Crippen LogP contribution in [0.2, 0.25) is 0 Å². The number of aliphatic hydroxyl groups is 1. The second-order valence-corrected chi connectivity index (χ2v) is 6.25. The van der Waals surface area contributed by atoms with E-state index in [-0.39, 0.29) is 12.6 Å². The van der Waals surface area contributed by atoms with E-state index in [1.165, 1.54) is 0 Å². The van der Waals surface area contributed by atoms with Crippen LogP contribution in [0.3, 0.4) is 0 Å². The molecule has 0 saturated carbocycles. The average molecular weight is 360 g/mol. The average Bonchev–Trinajstić information content (AvgIpc) is 2.46. The van der Waals surface area contributed by atoms with Crippen LogP contribution >= 0.6 is 15.9 Å². The van der Waals surface area contributed by atoms with Gasteiger partial charge in [0.05, 0.1) is 6.61 Å². The first-order valence-corrected chi connectivity index (χ1v) is 8.19. The van der Waals surface area contributed by atoms with Crippen LogP contribution in [0.15, 0.2) is 28.7 Å². The van der Waals surface area contributed by atoms with Gasteiger partial charge in [-0.3, -0.25) is 0 Å². The van der Waals surface area contributed by atoms with Crippen LogP contribution in [-0.4, -0.2) is 43.6 Å². The van der Waals surface area contributed by atoms with E-state index in [1.807, 2.05) is 31.2 Å². The highest BCUT2D eigenvalue weighted by Crippen LogP contribution is 2.16. The van der Waals surface area contributed by atoms with E-state index in [9.17, 15) is 5.11 Å². The monoisotopic (exact) mass is 359 g/mol. The number of aliphatic hydroxyl groups excluding tert-OH is 1. The minimum atomic E-state index is -0.545. The summed E-state index contributed by atoms with van der Waals surface area (Å²) >= 11 is 3.37. The summed E-state index contributed by atoms with van der Waals surface area (Å²) in [7, 11) is 0. The molecule has 2 N–H and O–H groups in total. The number of halogens is 1. The number of hydrogen-bond acceptors (Lipinski definition) is 4. The van der Waals surface area contributed by atoms with Gasteiger partial charge in [-0.25, -0.2) is 0 Å². The summed E-state index contributed by atoms with van der Waals surface area (Å²) in [4.78, 5) is 0. The number of benzene rings is 1. The molecule has 0 heterocycles. The molecule has 0 aliphatic carbocycles. The van der Waals surface area contributed by atoms with Gasteiger partial charge in [0.1, 0.15) is 18.5 Å². The molecule has 2 atom stereocenters. The fourth-order valence-electron chi connectivity index (χ4n) is 1.80. The molecule has 5 heteroatoms. The maximum Gasteiger partial charge on any atom is 0.119 e. The summed E-state index contributed by atoms with van der Waals surface area (Å²) in [5.74, 6) is 1.21. The lowest BCUT2D eigenvalue weighted by molar-refractivity contribution is 0.0799. The topological polar surface area (TPSA) is 50.7 Å². The van der Waals surface area contributed by atoms with Crippen LogP contribution in [0.5, 0.6) is 5.75 Å². The van der Waals surface area contributed by atoms with Gasteiger partial charge < -0.3 is 19.9 Å². The van der Waals surface area contributed by atoms with Crippen molar-refractivity contribution in [3.05, 3.63) is 28.7 Å². The summed E-state index contributed by atoms with van der Waals surface area (Å²) in [6.45, 7) is 8.40. The number of rotatable bonds is 10. The van der Waals surface area contributed by atoms with E-state index < -0.39 is 6.10 Å². The predicted octanol–water partition coefficient (Wildman–Crippen LogP) is 2.84. The highest BCUT2D eigenvalue weighted by atomic mass is 79.9. The van der Waals surface area contributed by atoms with Gasteiger partial charge >= 0.3 is 0 Å². The lowest BCUT2D eigenvalue weighted by Crippen LogP contribution is -2.43. The quantitative estimate of drug-likeness (QED) is 0.674. The summed E-state index contributed by atoms with van der Waals surface area (Å²) in [6, 6.07) is 7.81. The zero-order chi connectivity index (χ0) is 15.7. The Labute approximate surface area is 136 Å². The van der Waals surface area contributed by atoms with E-state index >= 15 is 0 Å². The van der Waals surface area contributed by atoms with Crippen LogP contribution < -0.4 is 10.1 Å². The van der Waals surface area contributed by atoms with Crippen molar-refractivity contribution in [2.75, 3.05) is 26.4 Å². The van der Waals surface area contributed by atoms with Gasteiger partial charge in [0.15, 0.2) is 0 Å². The third-order valence-corrected chi connectivity index (χ3v) is 3.71. The maximum atomic E-state index is 9.98. The normalized spacial score (nSPS) is 14.2. The van der Waals surface area contributed by atoms with Crippen LogP contribution in [0.25, 0.3) is 0 Å². The Morgan fingerprint density at radius 1 is 1.19 bits per heavy atom. The summed E-state index contributed by atoms with van der Waals surface area (Å²) in [5.41, 5.74) is 0. The van der Waals surface area contributed by atoms with Gasteiger partial charge in [0, 0.05) is 23.7 Å². The molecule has 120 valence electrons. The zero-order valence-corrected chi connectivity index (χ0v) is 14.6. The Kier molecular flexibility index (Phi) is 8.92. The SMILES string of the molecule is CCOCC(NCC(O)COc1ccc(Br)cc1)C(C)C. The molecule has 4 nitrogen and oxygen atoms in total. The molecule has 0 aromatic heterocycles. The fourth-order valence-corrected chi connectivity index (χ4v) is 2.07. The minimum absolute atomic E-state index is 0.243. The highest BCUT2D eigenvalue weighted by molar-refractivity contribution is 9.10. The first-order valence-electron chi connectivity index (χ1n) is 7.40. The molecule has 21 heavy (non-hydrogen) atoms. The molecular weight excluding hydrogens is 334 g/mol. The van der Waals surface area contributed by atoms with E-state index in [0.717, 1.165) is 10.2 Å². The van der Waals surface area contributed by atoms with Gasteiger partial charge in [-0.1, -0.05) is 29.8 Å². The highest BCUT2D eigenvalue weighted by Gasteiger charge is 2.15. The van der Waals surface area contributed by atoms with Gasteiger partial charge in [-0.2, -0.15) is 0 Å². The van der Waals surface area contributed by atoms with Crippen molar-refractivity contribution in [1.82, 2.24) is 5.32 Å². The molecular formula is C16H26BrNO3. The van der Waals surface area contributed by atoms with Crippen molar-refractivity contribution in [3.8, 4) is 5.75 Å². The van der Waals surface area contributed by atoms with Crippen molar-refractivity contribution in [2.24, 2.45) is 5.92 Å². The summed E-state index contributed by atoms with van der Waals surface area (Å²) in [5, 5.41) is 13.3. The first kappa shape index (κ1) is 18.4. The maximum absolute atomic E-state index is 9.98. The summed E-state index contributed by atoms with van der Waals surface area (Å²) in [6.07, 6.45) is -0.545. The molecule has 1 aromatic rings.